The number of aryl methyl sites for hydroxylation is 1. The van der Waals surface area contributed by atoms with Gasteiger partial charge >= 0.3 is 0 Å². The van der Waals surface area contributed by atoms with E-state index >= 15 is 0 Å². The molecule has 2 heterocycles. The first kappa shape index (κ1) is 23.1. The fraction of sp³-hybridized carbons (Fsp3) is 0.261. The quantitative estimate of drug-likeness (QED) is 0.233. The van der Waals surface area contributed by atoms with E-state index in [0.29, 0.717) is 15.8 Å². The Bertz CT molecular complexity index is 1220. The number of hydrogen-bond acceptors (Lipinski definition) is 6. The van der Waals surface area contributed by atoms with Gasteiger partial charge in [0, 0.05) is 28.3 Å². The van der Waals surface area contributed by atoms with E-state index in [1.165, 1.54) is 11.1 Å². The highest BCUT2D eigenvalue weighted by Crippen LogP contribution is 2.33. The SMILES string of the molecule is CCn1c(SCc2csc(-c3ccccc3C)n2)nnc1C(C)Oc1ccc(Cl)cc1Cl. The van der Waals surface area contributed by atoms with Crippen LogP contribution in [0.25, 0.3) is 10.6 Å². The molecule has 4 aromatic rings. The summed E-state index contributed by atoms with van der Waals surface area (Å²) in [7, 11) is 0. The van der Waals surface area contributed by atoms with E-state index in [9.17, 15) is 0 Å². The third-order valence-corrected chi connectivity index (χ3v) is 7.35. The third-order valence-electron chi connectivity index (χ3n) is 4.90. The van der Waals surface area contributed by atoms with Gasteiger partial charge in [0.2, 0.25) is 0 Å². The molecule has 0 saturated heterocycles. The molecule has 0 N–H and O–H groups in total. The summed E-state index contributed by atoms with van der Waals surface area (Å²) in [5.41, 5.74) is 3.44. The topological polar surface area (TPSA) is 52.8 Å². The van der Waals surface area contributed by atoms with E-state index in [4.69, 9.17) is 32.9 Å². The van der Waals surface area contributed by atoms with Crippen LogP contribution in [0.15, 0.2) is 53.0 Å². The normalized spacial score (nSPS) is 12.2. The van der Waals surface area contributed by atoms with Crippen molar-refractivity contribution in [1.82, 2.24) is 19.7 Å². The Balaban J connectivity index is 1.46. The van der Waals surface area contributed by atoms with Crippen molar-refractivity contribution in [2.45, 2.75) is 44.3 Å². The van der Waals surface area contributed by atoms with Crippen molar-refractivity contribution in [2.24, 2.45) is 0 Å². The molecule has 0 saturated carbocycles. The van der Waals surface area contributed by atoms with Crippen LogP contribution in [-0.4, -0.2) is 19.7 Å². The van der Waals surface area contributed by atoms with Gasteiger partial charge in [-0.2, -0.15) is 0 Å². The van der Waals surface area contributed by atoms with Crippen molar-refractivity contribution < 1.29 is 4.74 Å². The molecule has 1 atom stereocenters. The summed E-state index contributed by atoms with van der Waals surface area (Å²) in [6, 6.07) is 13.5. The summed E-state index contributed by atoms with van der Waals surface area (Å²) in [6.45, 7) is 6.84. The van der Waals surface area contributed by atoms with Crippen LogP contribution in [0.2, 0.25) is 10.0 Å². The number of thiazole rings is 1. The number of nitrogens with zero attached hydrogens (tertiary/aromatic N) is 4. The lowest BCUT2D eigenvalue weighted by molar-refractivity contribution is 0.210. The zero-order chi connectivity index (χ0) is 22.7. The molecule has 9 heteroatoms. The summed E-state index contributed by atoms with van der Waals surface area (Å²) in [6.07, 6.45) is -0.317. The van der Waals surface area contributed by atoms with Crippen LogP contribution in [0.1, 0.15) is 37.0 Å². The van der Waals surface area contributed by atoms with E-state index in [1.54, 1.807) is 41.3 Å². The molecule has 4 rings (SSSR count). The van der Waals surface area contributed by atoms with E-state index in [0.717, 1.165) is 34.0 Å². The average molecular weight is 505 g/mol. The van der Waals surface area contributed by atoms with Gasteiger partial charge in [0.25, 0.3) is 0 Å². The number of rotatable bonds is 8. The Hall–Kier alpha value is -2.06. The van der Waals surface area contributed by atoms with E-state index < -0.39 is 0 Å². The fourth-order valence-corrected chi connectivity index (χ4v) is 5.64. The predicted octanol–water partition coefficient (Wildman–Crippen LogP) is 7.47. The van der Waals surface area contributed by atoms with Gasteiger partial charge in [-0.3, -0.25) is 0 Å². The average Bonchev–Trinajstić information content (AvgIpc) is 3.41. The van der Waals surface area contributed by atoms with E-state index in [1.807, 2.05) is 19.1 Å². The van der Waals surface area contributed by atoms with Gasteiger partial charge in [-0.1, -0.05) is 59.2 Å². The van der Waals surface area contributed by atoms with Gasteiger partial charge in [-0.05, 0) is 44.5 Å². The maximum Gasteiger partial charge on any atom is 0.191 e. The van der Waals surface area contributed by atoms with E-state index in [-0.39, 0.29) is 6.10 Å². The molecule has 0 bridgehead atoms. The van der Waals surface area contributed by atoms with Gasteiger partial charge in [0.1, 0.15) is 10.8 Å². The summed E-state index contributed by atoms with van der Waals surface area (Å²) in [5.74, 6) is 2.04. The maximum absolute atomic E-state index is 6.25. The first-order valence-electron chi connectivity index (χ1n) is 10.1. The number of halogens is 2. The summed E-state index contributed by atoms with van der Waals surface area (Å²) in [5, 5.41) is 13.8. The monoisotopic (exact) mass is 504 g/mol. The lowest BCUT2D eigenvalue weighted by Crippen LogP contribution is -2.12. The highest BCUT2D eigenvalue weighted by molar-refractivity contribution is 7.98. The Morgan fingerprint density at radius 2 is 1.97 bits per heavy atom. The molecule has 0 fully saturated rings. The van der Waals surface area contributed by atoms with Crippen LogP contribution in [0.4, 0.5) is 0 Å². The molecular formula is C23H22Cl2N4OS2. The van der Waals surface area contributed by atoms with Crippen molar-refractivity contribution in [1.29, 1.82) is 0 Å². The molecule has 32 heavy (non-hydrogen) atoms. The lowest BCUT2D eigenvalue weighted by Gasteiger charge is -2.16. The molecule has 0 aliphatic carbocycles. The van der Waals surface area contributed by atoms with Crippen LogP contribution in [0, 0.1) is 6.92 Å². The smallest absolute Gasteiger partial charge is 0.191 e. The van der Waals surface area contributed by atoms with Gasteiger partial charge in [0.05, 0.1) is 10.7 Å². The predicted molar refractivity (Wildman–Crippen MR) is 133 cm³/mol. The van der Waals surface area contributed by atoms with Gasteiger partial charge in [-0.15, -0.1) is 21.5 Å². The van der Waals surface area contributed by atoms with Crippen molar-refractivity contribution in [3.05, 3.63) is 75.0 Å². The number of aromatic nitrogens is 4. The second kappa shape index (κ2) is 10.3. The molecule has 2 aromatic heterocycles. The summed E-state index contributed by atoms with van der Waals surface area (Å²) >= 11 is 15.5. The Labute approximate surface area is 205 Å². The first-order valence-corrected chi connectivity index (χ1v) is 12.8. The molecule has 0 aliphatic rings. The minimum atomic E-state index is -0.317. The zero-order valence-electron chi connectivity index (χ0n) is 17.9. The van der Waals surface area contributed by atoms with E-state index in [2.05, 4.69) is 46.1 Å². The molecule has 166 valence electrons. The number of hydrogen-bond donors (Lipinski definition) is 0. The maximum atomic E-state index is 6.25. The first-order chi connectivity index (χ1) is 15.5. The standard InChI is InChI=1S/C23H22Cl2N4OS2/c1-4-29-21(15(3)30-20-10-9-16(24)11-19(20)25)27-28-23(29)32-13-17-12-31-22(26-17)18-8-6-5-7-14(18)2/h5-12,15H,4,13H2,1-3H3. The highest BCUT2D eigenvalue weighted by Gasteiger charge is 2.20. The Morgan fingerprint density at radius 3 is 2.72 bits per heavy atom. The van der Waals surface area contributed by atoms with Gasteiger partial charge < -0.3 is 9.30 Å². The van der Waals surface area contributed by atoms with Gasteiger partial charge in [0.15, 0.2) is 17.1 Å². The second-order valence-corrected chi connectivity index (χ2v) is 9.81. The number of thioether (sulfide) groups is 1. The minimum absolute atomic E-state index is 0.317. The van der Waals surface area contributed by atoms with Crippen molar-refractivity contribution >= 4 is 46.3 Å². The number of ether oxygens (including phenoxy) is 1. The Morgan fingerprint density at radius 1 is 1.16 bits per heavy atom. The fourth-order valence-electron chi connectivity index (χ4n) is 3.27. The minimum Gasteiger partial charge on any atom is -0.481 e. The largest absolute Gasteiger partial charge is 0.481 e. The molecule has 0 aliphatic heterocycles. The third kappa shape index (κ3) is 5.12. The molecule has 2 aromatic carbocycles. The molecule has 0 radical (unpaired) electrons. The second-order valence-electron chi connectivity index (χ2n) is 7.17. The van der Waals surface area contributed by atoms with Crippen LogP contribution in [0.3, 0.4) is 0 Å². The Kier molecular flexibility index (Phi) is 7.40. The molecule has 5 nitrogen and oxygen atoms in total. The molecule has 0 spiro atoms. The molecule has 0 amide bonds. The van der Waals surface area contributed by atoms with Crippen molar-refractivity contribution in [2.75, 3.05) is 0 Å². The van der Waals surface area contributed by atoms with Crippen LogP contribution in [0.5, 0.6) is 5.75 Å². The van der Waals surface area contributed by atoms with Crippen LogP contribution < -0.4 is 4.74 Å². The summed E-state index contributed by atoms with van der Waals surface area (Å²) in [4.78, 5) is 4.82. The summed E-state index contributed by atoms with van der Waals surface area (Å²) < 4.78 is 8.10. The molecule has 1 unspecified atom stereocenters. The van der Waals surface area contributed by atoms with Crippen molar-refractivity contribution in [3.63, 3.8) is 0 Å². The van der Waals surface area contributed by atoms with Crippen molar-refractivity contribution in [3.8, 4) is 16.3 Å². The lowest BCUT2D eigenvalue weighted by atomic mass is 10.1. The molecular weight excluding hydrogens is 483 g/mol. The number of benzene rings is 2. The highest BCUT2D eigenvalue weighted by atomic mass is 35.5. The zero-order valence-corrected chi connectivity index (χ0v) is 21.0. The van der Waals surface area contributed by atoms with Crippen LogP contribution in [-0.2, 0) is 12.3 Å². The van der Waals surface area contributed by atoms with Crippen LogP contribution >= 0.6 is 46.3 Å². The van der Waals surface area contributed by atoms with Gasteiger partial charge in [-0.25, -0.2) is 4.98 Å².